The second-order valence-electron chi connectivity index (χ2n) is 7.74. The minimum absolute atomic E-state index is 0.0115. The van der Waals surface area contributed by atoms with E-state index in [0.29, 0.717) is 30.5 Å². The molecule has 2 saturated heterocycles. The van der Waals surface area contributed by atoms with Gasteiger partial charge in [0.1, 0.15) is 5.84 Å². The Labute approximate surface area is 175 Å². The fraction of sp³-hybridized carbons (Fsp3) is 0.429. The number of rotatable bonds is 3. The molecule has 2 aliphatic heterocycles. The highest BCUT2D eigenvalue weighted by Crippen LogP contribution is 2.34. The zero-order valence-corrected chi connectivity index (χ0v) is 17.2. The van der Waals surface area contributed by atoms with Crippen LogP contribution in [0.3, 0.4) is 0 Å². The summed E-state index contributed by atoms with van der Waals surface area (Å²) in [6, 6.07) is 5.77. The van der Waals surface area contributed by atoms with E-state index in [-0.39, 0.29) is 11.8 Å². The molecular weight excluding hydrogens is 388 g/mol. The molecule has 0 radical (unpaired) electrons. The predicted octanol–water partition coefficient (Wildman–Crippen LogP) is 3.14. The lowest BCUT2D eigenvalue weighted by atomic mass is 9.93. The number of amidine groups is 1. The van der Waals surface area contributed by atoms with Gasteiger partial charge in [-0.05, 0) is 43.5 Å². The van der Waals surface area contributed by atoms with Crippen molar-refractivity contribution in [2.45, 2.75) is 19.8 Å². The van der Waals surface area contributed by atoms with Gasteiger partial charge < -0.3 is 14.7 Å². The van der Waals surface area contributed by atoms with Crippen molar-refractivity contribution in [1.82, 2.24) is 14.8 Å². The van der Waals surface area contributed by atoms with Crippen molar-refractivity contribution in [3.63, 3.8) is 0 Å². The van der Waals surface area contributed by atoms with Crippen molar-refractivity contribution in [3.05, 3.63) is 35.0 Å². The number of aryl methyl sites for hydroxylation is 1. The number of hydrogen-bond acceptors (Lipinski definition) is 5. The average Bonchev–Trinajstić information content (AvgIpc) is 2.73. The van der Waals surface area contributed by atoms with E-state index < -0.39 is 0 Å². The molecular formula is C21H25ClN6O. The van der Waals surface area contributed by atoms with E-state index >= 15 is 0 Å². The maximum Gasteiger partial charge on any atom is 0.226 e. The minimum atomic E-state index is -0.0115. The van der Waals surface area contributed by atoms with Crippen molar-refractivity contribution in [2.75, 3.05) is 37.6 Å². The molecule has 1 aromatic heterocycles. The molecule has 2 aliphatic rings. The minimum Gasteiger partial charge on any atom is -0.371 e. The number of benzene rings is 1. The average molecular weight is 413 g/mol. The highest BCUT2D eigenvalue weighted by Gasteiger charge is 2.32. The topological polar surface area (TPSA) is 87.4 Å². The van der Waals surface area contributed by atoms with Crippen LogP contribution in [0.15, 0.2) is 24.4 Å². The second kappa shape index (κ2) is 7.99. The molecule has 8 heteroatoms. The summed E-state index contributed by atoms with van der Waals surface area (Å²) >= 11 is 6.23. The number of carbonyl (C=O) groups is 1. The summed E-state index contributed by atoms with van der Waals surface area (Å²) in [5.41, 5.74) is 3.20. The lowest BCUT2D eigenvalue weighted by Gasteiger charge is -2.39. The molecule has 1 aromatic carbocycles. The summed E-state index contributed by atoms with van der Waals surface area (Å²) in [5, 5.41) is 17.1. The Balaban J connectivity index is 1.46. The van der Waals surface area contributed by atoms with Crippen LogP contribution < -0.4 is 4.90 Å². The SMILES string of the molecule is Cc1cnc2ccc(Cl)cc2c1N1CCC(C(=O)N2CCN(C=N)C(=N)C2)CC1. The van der Waals surface area contributed by atoms with Gasteiger partial charge in [0.15, 0.2) is 0 Å². The second-order valence-corrected chi connectivity index (χ2v) is 8.18. The summed E-state index contributed by atoms with van der Waals surface area (Å²) < 4.78 is 0. The first-order valence-corrected chi connectivity index (χ1v) is 10.3. The molecule has 0 spiro atoms. The summed E-state index contributed by atoms with van der Waals surface area (Å²) in [6.07, 6.45) is 4.65. The van der Waals surface area contributed by atoms with Gasteiger partial charge in [-0.1, -0.05) is 11.6 Å². The third-order valence-corrected chi connectivity index (χ3v) is 6.15. The molecule has 3 heterocycles. The third kappa shape index (κ3) is 3.79. The first-order chi connectivity index (χ1) is 14.0. The predicted molar refractivity (Wildman–Crippen MR) is 116 cm³/mol. The molecule has 1 amide bonds. The van der Waals surface area contributed by atoms with Crippen molar-refractivity contribution < 1.29 is 4.79 Å². The summed E-state index contributed by atoms with van der Waals surface area (Å²) in [7, 11) is 0. The van der Waals surface area contributed by atoms with E-state index in [4.69, 9.17) is 22.4 Å². The molecule has 0 bridgehead atoms. The van der Waals surface area contributed by atoms with Gasteiger partial charge in [0.25, 0.3) is 0 Å². The maximum absolute atomic E-state index is 13.0. The number of anilines is 1. The van der Waals surface area contributed by atoms with Gasteiger partial charge in [-0.3, -0.25) is 20.6 Å². The van der Waals surface area contributed by atoms with Crippen molar-refractivity contribution in [2.24, 2.45) is 5.92 Å². The smallest absolute Gasteiger partial charge is 0.226 e. The molecule has 29 heavy (non-hydrogen) atoms. The molecule has 2 aromatic rings. The van der Waals surface area contributed by atoms with Crippen LogP contribution in [0.4, 0.5) is 5.69 Å². The maximum atomic E-state index is 13.0. The Kier molecular flexibility index (Phi) is 5.41. The number of fused-ring (bicyclic) bond motifs is 1. The van der Waals surface area contributed by atoms with Crippen LogP contribution in [0.1, 0.15) is 18.4 Å². The molecule has 0 aliphatic carbocycles. The largest absolute Gasteiger partial charge is 0.371 e. The van der Waals surface area contributed by atoms with Crippen molar-refractivity contribution >= 4 is 46.3 Å². The Morgan fingerprint density at radius 2 is 2.00 bits per heavy atom. The van der Waals surface area contributed by atoms with Gasteiger partial charge in [0.2, 0.25) is 5.91 Å². The van der Waals surface area contributed by atoms with E-state index in [1.54, 1.807) is 9.80 Å². The Hall–Kier alpha value is -2.67. The molecule has 2 N–H and O–H groups in total. The lowest BCUT2D eigenvalue weighted by Crippen LogP contribution is -2.53. The summed E-state index contributed by atoms with van der Waals surface area (Å²) in [4.78, 5) is 23.2. The molecule has 0 saturated carbocycles. The van der Waals surface area contributed by atoms with E-state index in [9.17, 15) is 4.79 Å². The monoisotopic (exact) mass is 412 g/mol. The highest BCUT2D eigenvalue weighted by atomic mass is 35.5. The van der Waals surface area contributed by atoms with Gasteiger partial charge in [-0.15, -0.1) is 0 Å². The van der Waals surface area contributed by atoms with Crippen molar-refractivity contribution in [1.29, 1.82) is 10.8 Å². The molecule has 0 unspecified atom stereocenters. The number of amides is 1. The number of piperidine rings is 1. The van der Waals surface area contributed by atoms with Crippen LogP contribution in [-0.2, 0) is 4.79 Å². The van der Waals surface area contributed by atoms with E-state index in [1.165, 1.54) is 0 Å². The van der Waals surface area contributed by atoms with Crippen LogP contribution in [0, 0.1) is 23.7 Å². The zero-order chi connectivity index (χ0) is 20.5. The molecule has 152 valence electrons. The van der Waals surface area contributed by atoms with Crippen LogP contribution in [0.5, 0.6) is 0 Å². The fourth-order valence-electron chi connectivity index (χ4n) is 4.32. The molecule has 4 rings (SSSR count). The zero-order valence-electron chi connectivity index (χ0n) is 16.5. The number of nitrogens with zero attached hydrogens (tertiary/aromatic N) is 4. The van der Waals surface area contributed by atoms with E-state index in [1.807, 2.05) is 24.4 Å². The van der Waals surface area contributed by atoms with Gasteiger partial charge in [0.05, 0.1) is 24.1 Å². The molecule has 0 atom stereocenters. The number of aromatic nitrogens is 1. The Morgan fingerprint density at radius 1 is 1.24 bits per heavy atom. The summed E-state index contributed by atoms with van der Waals surface area (Å²) in [5.74, 6) is 0.439. The number of halogens is 1. The number of hydrogen-bond donors (Lipinski definition) is 2. The Bertz CT molecular complexity index is 964. The first-order valence-electron chi connectivity index (χ1n) is 9.91. The lowest BCUT2D eigenvalue weighted by molar-refractivity contribution is -0.136. The van der Waals surface area contributed by atoms with Gasteiger partial charge in [-0.25, -0.2) is 0 Å². The van der Waals surface area contributed by atoms with E-state index in [0.717, 1.165) is 54.4 Å². The van der Waals surface area contributed by atoms with E-state index in [2.05, 4.69) is 16.8 Å². The number of carbonyl (C=O) groups excluding carboxylic acids is 1. The third-order valence-electron chi connectivity index (χ3n) is 5.91. The molecule has 2 fully saturated rings. The number of nitrogens with one attached hydrogen (secondary N) is 2. The number of pyridine rings is 1. The van der Waals surface area contributed by atoms with Crippen molar-refractivity contribution in [3.8, 4) is 0 Å². The van der Waals surface area contributed by atoms with Crippen LogP contribution >= 0.6 is 11.6 Å². The molecule has 7 nitrogen and oxygen atoms in total. The highest BCUT2D eigenvalue weighted by molar-refractivity contribution is 6.31. The van der Waals surface area contributed by atoms with Crippen LogP contribution in [0.2, 0.25) is 5.02 Å². The first kappa shape index (κ1) is 19.6. The standard InChI is InChI=1S/C21H25ClN6O/c1-14-11-25-18-3-2-16(22)10-17(18)20(14)26-6-4-15(5-7-26)21(29)27-8-9-28(13-23)19(24)12-27/h2-3,10-11,13,15,23-24H,4-9,12H2,1H3. The van der Waals surface area contributed by atoms with Crippen LogP contribution in [0.25, 0.3) is 10.9 Å². The quantitative estimate of drug-likeness (QED) is 0.598. The fourth-order valence-corrected chi connectivity index (χ4v) is 4.50. The summed E-state index contributed by atoms with van der Waals surface area (Å²) in [6.45, 7) is 5.07. The normalized spacial score (nSPS) is 18.4. The Morgan fingerprint density at radius 3 is 2.69 bits per heavy atom. The van der Waals surface area contributed by atoms with Gasteiger partial charge in [0, 0.05) is 48.7 Å². The van der Waals surface area contributed by atoms with Gasteiger partial charge in [-0.2, -0.15) is 0 Å². The van der Waals surface area contributed by atoms with Crippen LogP contribution in [-0.4, -0.2) is 65.6 Å². The van der Waals surface area contributed by atoms with Gasteiger partial charge >= 0.3 is 0 Å². The number of piperazine rings is 1.